The molecule has 0 amide bonds. The van der Waals surface area contributed by atoms with Crippen molar-refractivity contribution in [1.29, 1.82) is 0 Å². The number of benzene rings is 1. The van der Waals surface area contributed by atoms with Gasteiger partial charge in [0.05, 0.1) is 18.4 Å². The SMILES string of the molecule is COc1ccccc1-c1nc(CC(C)=O)cs1. The molecule has 1 heterocycles. The van der Waals surface area contributed by atoms with Crippen LogP contribution in [0.1, 0.15) is 12.6 Å². The summed E-state index contributed by atoms with van der Waals surface area (Å²) >= 11 is 1.53. The van der Waals surface area contributed by atoms with Crippen molar-refractivity contribution in [2.75, 3.05) is 7.11 Å². The molecule has 4 heteroatoms. The summed E-state index contributed by atoms with van der Waals surface area (Å²) < 4.78 is 5.29. The first kappa shape index (κ1) is 11.8. The quantitative estimate of drug-likeness (QED) is 0.833. The molecule has 0 saturated heterocycles. The highest BCUT2D eigenvalue weighted by Gasteiger charge is 2.10. The van der Waals surface area contributed by atoms with Crippen LogP contribution in [-0.2, 0) is 11.2 Å². The maximum atomic E-state index is 11.0. The van der Waals surface area contributed by atoms with E-state index in [4.69, 9.17) is 4.74 Å². The summed E-state index contributed by atoms with van der Waals surface area (Å²) in [6.45, 7) is 1.57. The van der Waals surface area contributed by atoms with Gasteiger partial charge in [0.15, 0.2) is 0 Å². The molecule has 0 aliphatic rings. The second kappa shape index (κ2) is 5.10. The zero-order valence-electron chi connectivity index (χ0n) is 9.77. The fourth-order valence-electron chi connectivity index (χ4n) is 1.59. The fourth-order valence-corrected chi connectivity index (χ4v) is 2.44. The van der Waals surface area contributed by atoms with Gasteiger partial charge in [0.1, 0.15) is 16.5 Å². The summed E-state index contributed by atoms with van der Waals surface area (Å²) in [7, 11) is 1.64. The molecule has 0 aliphatic carbocycles. The van der Waals surface area contributed by atoms with Crippen molar-refractivity contribution in [3.8, 4) is 16.3 Å². The van der Waals surface area contributed by atoms with Gasteiger partial charge in [-0.1, -0.05) is 12.1 Å². The summed E-state index contributed by atoms with van der Waals surface area (Å²) in [5.74, 6) is 0.929. The van der Waals surface area contributed by atoms with Crippen molar-refractivity contribution in [3.63, 3.8) is 0 Å². The lowest BCUT2D eigenvalue weighted by atomic mass is 10.2. The molecule has 0 fully saturated rings. The minimum Gasteiger partial charge on any atom is -0.496 e. The van der Waals surface area contributed by atoms with Crippen molar-refractivity contribution in [2.24, 2.45) is 0 Å². The fraction of sp³-hybridized carbons (Fsp3) is 0.231. The summed E-state index contributed by atoms with van der Waals surface area (Å²) in [4.78, 5) is 15.5. The highest BCUT2D eigenvalue weighted by atomic mass is 32.1. The van der Waals surface area contributed by atoms with Crippen LogP contribution in [0.5, 0.6) is 5.75 Å². The van der Waals surface area contributed by atoms with E-state index >= 15 is 0 Å². The number of hydrogen-bond acceptors (Lipinski definition) is 4. The van der Waals surface area contributed by atoms with E-state index in [0.717, 1.165) is 22.0 Å². The highest BCUT2D eigenvalue weighted by Crippen LogP contribution is 2.31. The zero-order valence-corrected chi connectivity index (χ0v) is 10.6. The normalized spacial score (nSPS) is 10.2. The van der Waals surface area contributed by atoms with E-state index < -0.39 is 0 Å². The molecule has 0 aliphatic heterocycles. The third-order valence-corrected chi connectivity index (χ3v) is 3.24. The monoisotopic (exact) mass is 247 g/mol. The maximum Gasteiger partial charge on any atom is 0.135 e. The molecule has 88 valence electrons. The largest absolute Gasteiger partial charge is 0.496 e. The number of aromatic nitrogens is 1. The lowest BCUT2D eigenvalue weighted by Gasteiger charge is -2.04. The molecule has 3 nitrogen and oxygen atoms in total. The molecule has 1 aromatic heterocycles. The van der Waals surface area contributed by atoms with Crippen LogP contribution in [0.15, 0.2) is 29.6 Å². The Morgan fingerprint density at radius 1 is 1.41 bits per heavy atom. The number of carbonyl (C=O) groups excluding carboxylic acids is 1. The van der Waals surface area contributed by atoms with Gasteiger partial charge in [-0.3, -0.25) is 4.79 Å². The van der Waals surface area contributed by atoms with Crippen molar-refractivity contribution in [2.45, 2.75) is 13.3 Å². The maximum absolute atomic E-state index is 11.0. The first-order valence-corrected chi connectivity index (χ1v) is 6.16. The predicted molar refractivity (Wildman–Crippen MR) is 68.5 cm³/mol. The van der Waals surface area contributed by atoms with Crippen molar-refractivity contribution >= 4 is 17.1 Å². The van der Waals surface area contributed by atoms with Crippen LogP contribution in [0, 0.1) is 0 Å². The molecule has 0 spiro atoms. The van der Waals surface area contributed by atoms with Gasteiger partial charge in [-0.05, 0) is 19.1 Å². The molecule has 2 aromatic rings. The number of methoxy groups -OCH3 is 1. The van der Waals surface area contributed by atoms with E-state index in [1.165, 1.54) is 11.3 Å². The molecule has 0 saturated carbocycles. The van der Waals surface area contributed by atoms with Gasteiger partial charge < -0.3 is 4.74 Å². The van der Waals surface area contributed by atoms with Crippen LogP contribution in [0.25, 0.3) is 10.6 Å². The van der Waals surface area contributed by atoms with Crippen LogP contribution < -0.4 is 4.74 Å². The number of Topliss-reactive ketones (excluding diaryl/α,β-unsaturated/α-hetero) is 1. The predicted octanol–water partition coefficient (Wildman–Crippen LogP) is 2.95. The zero-order chi connectivity index (χ0) is 12.3. The minimum absolute atomic E-state index is 0.127. The topological polar surface area (TPSA) is 39.2 Å². The second-order valence-electron chi connectivity index (χ2n) is 3.72. The van der Waals surface area contributed by atoms with Crippen molar-refractivity contribution < 1.29 is 9.53 Å². The number of ether oxygens (including phenoxy) is 1. The van der Waals surface area contributed by atoms with E-state index in [1.807, 2.05) is 29.6 Å². The summed E-state index contributed by atoms with van der Waals surface area (Å²) in [5.41, 5.74) is 1.79. The molecule has 0 atom stereocenters. The van der Waals surface area contributed by atoms with E-state index in [1.54, 1.807) is 14.0 Å². The third kappa shape index (κ3) is 2.71. The first-order chi connectivity index (χ1) is 8.20. The molecule has 1 aromatic carbocycles. The van der Waals surface area contributed by atoms with Gasteiger partial charge in [-0.2, -0.15) is 0 Å². The average molecular weight is 247 g/mol. The summed E-state index contributed by atoms with van der Waals surface area (Å²) in [6, 6.07) is 7.74. The standard InChI is InChI=1S/C13H13NO2S/c1-9(15)7-10-8-17-13(14-10)11-5-3-4-6-12(11)16-2/h3-6,8H,7H2,1-2H3. The van der Waals surface area contributed by atoms with Crippen LogP contribution in [0.4, 0.5) is 0 Å². The molecule has 0 N–H and O–H groups in total. The molecule has 2 rings (SSSR count). The Kier molecular flexibility index (Phi) is 3.54. The minimum atomic E-state index is 0.127. The Hall–Kier alpha value is -1.68. The van der Waals surface area contributed by atoms with Crippen molar-refractivity contribution in [3.05, 3.63) is 35.3 Å². The Labute approximate surface area is 104 Å². The van der Waals surface area contributed by atoms with Crippen LogP contribution in [0.2, 0.25) is 0 Å². The second-order valence-corrected chi connectivity index (χ2v) is 4.58. The first-order valence-electron chi connectivity index (χ1n) is 5.28. The highest BCUT2D eigenvalue weighted by molar-refractivity contribution is 7.13. The van der Waals surface area contributed by atoms with E-state index in [-0.39, 0.29) is 5.78 Å². The molecular weight excluding hydrogens is 234 g/mol. The number of ketones is 1. The lowest BCUT2D eigenvalue weighted by molar-refractivity contribution is -0.116. The van der Waals surface area contributed by atoms with Crippen LogP contribution in [0.3, 0.4) is 0 Å². The van der Waals surface area contributed by atoms with Gasteiger partial charge >= 0.3 is 0 Å². The Morgan fingerprint density at radius 2 is 2.18 bits per heavy atom. The lowest BCUT2D eigenvalue weighted by Crippen LogP contribution is -1.96. The summed E-state index contributed by atoms with van der Waals surface area (Å²) in [6.07, 6.45) is 0.394. The van der Waals surface area contributed by atoms with Crippen LogP contribution in [-0.4, -0.2) is 17.9 Å². The Balaban J connectivity index is 2.33. The third-order valence-electron chi connectivity index (χ3n) is 2.32. The number of para-hydroxylation sites is 1. The molecular formula is C13H13NO2S. The number of hydrogen-bond donors (Lipinski definition) is 0. The average Bonchev–Trinajstić information content (AvgIpc) is 2.76. The molecule has 0 radical (unpaired) electrons. The van der Waals surface area contributed by atoms with E-state index in [0.29, 0.717) is 6.42 Å². The summed E-state index contributed by atoms with van der Waals surface area (Å²) in [5, 5.41) is 2.81. The Bertz CT molecular complexity index is 534. The van der Waals surface area contributed by atoms with Gasteiger partial charge in [-0.25, -0.2) is 4.98 Å². The number of rotatable bonds is 4. The molecule has 17 heavy (non-hydrogen) atoms. The smallest absolute Gasteiger partial charge is 0.135 e. The van der Waals surface area contributed by atoms with Gasteiger partial charge in [0, 0.05) is 11.8 Å². The van der Waals surface area contributed by atoms with Gasteiger partial charge in [0.25, 0.3) is 0 Å². The molecule has 0 bridgehead atoms. The van der Waals surface area contributed by atoms with Gasteiger partial charge in [-0.15, -0.1) is 11.3 Å². The van der Waals surface area contributed by atoms with Crippen molar-refractivity contribution in [1.82, 2.24) is 4.98 Å². The molecule has 0 unspecified atom stereocenters. The number of nitrogens with zero attached hydrogens (tertiary/aromatic N) is 1. The van der Waals surface area contributed by atoms with Crippen LogP contribution >= 0.6 is 11.3 Å². The Morgan fingerprint density at radius 3 is 2.88 bits per heavy atom. The number of carbonyl (C=O) groups is 1. The number of thiazole rings is 1. The van der Waals surface area contributed by atoms with E-state index in [2.05, 4.69) is 4.98 Å². The van der Waals surface area contributed by atoms with E-state index in [9.17, 15) is 4.79 Å². The van der Waals surface area contributed by atoms with Gasteiger partial charge in [0.2, 0.25) is 0 Å².